The van der Waals surface area contributed by atoms with E-state index in [-0.39, 0.29) is 12.0 Å². The molecule has 0 spiro atoms. The number of aliphatic hydroxyl groups excluding tert-OH is 1. The van der Waals surface area contributed by atoms with Crippen LogP contribution in [0.4, 0.5) is 0 Å². The molecule has 0 saturated heterocycles. The highest BCUT2D eigenvalue weighted by Crippen LogP contribution is 2.27. The van der Waals surface area contributed by atoms with E-state index in [2.05, 4.69) is 38.8 Å². The van der Waals surface area contributed by atoms with Crippen molar-refractivity contribution in [2.45, 2.75) is 32.4 Å². The van der Waals surface area contributed by atoms with Crippen LogP contribution in [0.1, 0.15) is 31.9 Å². The van der Waals surface area contributed by atoms with Gasteiger partial charge in [-0.3, -0.25) is 0 Å². The molecule has 3 N–H and O–H groups in total. The van der Waals surface area contributed by atoms with Gasteiger partial charge < -0.3 is 10.8 Å². The van der Waals surface area contributed by atoms with Gasteiger partial charge >= 0.3 is 0 Å². The predicted octanol–water partition coefficient (Wildman–Crippen LogP) is 3.62. The predicted molar refractivity (Wildman–Crippen MR) is 74.2 cm³/mol. The standard InChI is InChI=1S/C12H17Br2NO/c1-3-7(2)12(16)11(15)8-4-9(13)6-10(14)5-8/h4-7,11-12,16H,3,15H2,1-2H3/t7?,11-,12+/m1/s1. The minimum Gasteiger partial charge on any atom is -0.391 e. The van der Waals surface area contributed by atoms with Gasteiger partial charge in [0.25, 0.3) is 0 Å². The second kappa shape index (κ2) is 6.15. The molecule has 1 aromatic rings. The number of halogens is 2. The van der Waals surface area contributed by atoms with Crippen LogP contribution in [-0.4, -0.2) is 11.2 Å². The van der Waals surface area contributed by atoms with Gasteiger partial charge in [-0.1, -0.05) is 52.1 Å². The minimum atomic E-state index is -0.508. The number of rotatable bonds is 4. The fraction of sp³-hybridized carbons (Fsp3) is 0.500. The minimum absolute atomic E-state index is 0.202. The third-order valence-electron chi connectivity index (χ3n) is 2.86. The Kier molecular flexibility index (Phi) is 5.44. The van der Waals surface area contributed by atoms with Gasteiger partial charge in [0.2, 0.25) is 0 Å². The van der Waals surface area contributed by atoms with Crippen molar-refractivity contribution < 1.29 is 5.11 Å². The van der Waals surface area contributed by atoms with Crippen LogP contribution in [0.15, 0.2) is 27.1 Å². The molecular weight excluding hydrogens is 334 g/mol. The van der Waals surface area contributed by atoms with Crippen LogP contribution in [0.25, 0.3) is 0 Å². The average Bonchev–Trinajstić information content (AvgIpc) is 2.24. The molecule has 0 aromatic heterocycles. The summed E-state index contributed by atoms with van der Waals surface area (Å²) in [5.74, 6) is 0.202. The topological polar surface area (TPSA) is 46.2 Å². The molecule has 3 atom stereocenters. The Morgan fingerprint density at radius 1 is 1.25 bits per heavy atom. The largest absolute Gasteiger partial charge is 0.391 e. The molecule has 0 bridgehead atoms. The Morgan fingerprint density at radius 3 is 2.19 bits per heavy atom. The van der Waals surface area contributed by atoms with Crippen molar-refractivity contribution in [3.05, 3.63) is 32.7 Å². The van der Waals surface area contributed by atoms with Crippen molar-refractivity contribution in [2.24, 2.45) is 11.7 Å². The number of benzene rings is 1. The van der Waals surface area contributed by atoms with Crippen LogP contribution in [0, 0.1) is 5.92 Å². The Bertz CT molecular complexity index is 337. The number of hydrogen-bond donors (Lipinski definition) is 2. The summed E-state index contributed by atoms with van der Waals surface area (Å²) < 4.78 is 1.92. The summed E-state index contributed by atoms with van der Waals surface area (Å²) in [5, 5.41) is 10.1. The van der Waals surface area contributed by atoms with Gasteiger partial charge in [0.05, 0.1) is 12.1 Å². The first kappa shape index (κ1) is 14.2. The highest BCUT2D eigenvalue weighted by molar-refractivity contribution is 9.11. The molecule has 90 valence electrons. The van der Waals surface area contributed by atoms with E-state index in [1.54, 1.807) is 0 Å². The lowest BCUT2D eigenvalue weighted by atomic mass is 9.92. The highest BCUT2D eigenvalue weighted by Gasteiger charge is 2.22. The van der Waals surface area contributed by atoms with Gasteiger partial charge in [0.1, 0.15) is 0 Å². The van der Waals surface area contributed by atoms with Crippen LogP contribution in [0.3, 0.4) is 0 Å². The monoisotopic (exact) mass is 349 g/mol. The van der Waals surface area contributed by atoms with Crippen LogP contribution >= 0.6 is 31.9 Å². The Hall–Kier alpha value is 0.1000. The molecule has 1 unspecified atom stereocenters. The van der Waals surface area contributed by atoms with Gasteiger partial charge in [0, 0.05) is 8.95 Å². The summed E-state index contributed by atoms with van der Waals surface area (Å²) in [6.45, 7) is 4.06. The summed E-state index contributed by atoms with van der Waals surface area (Å²) in [5.41, 5.74) is 7.00. The molecule has 4 heteroatoms. The Balaban J connectivity index is 2.91. The maximum Gasteiger partial charge on any atom is 0.0758 e. The van der Waals surface area contributed by atoms with E-state index in [0.717, 1.165) is 20.9 Å². The summed E-state index contributed by atoms with van der Waals surface area (Å²) >= 11 is 6.83. The Morgan fingerprint density at radius 2 is 1.75 bits per heavy atom. The maximum atomic E-state index is 10.1. The molecular formula is C12H17Br2NO. The molecule has 0 fully saturated rings. The van der Waals surface area contributed by atoms with E-state index in [9.17, 15) is 5.11 Å². The van der Waals surface area contributed by atoms with E-state index in [1.165, 1.54) is 0 Å². The van der Waals surface area contributed by atoms with Crippen LogP contribution in [0.2, 0.25) is 0 Å². The lowest BCUT2D eigenvalue weighted by Gasteiger charge is -2.24. The first-order valence-corrected chi connectivity index (χ1v) is 6.94. The molecule has 1 rings (SSSR count). The number of hydrogen-bond acceptors (Lipinski definition) is 2. The van der Waals surface area contributed by atoms with Crippen molar-refractivity contribution in [3.63, 3.8) is 0 Å². The van der Waals surface area contributed by atoms with Crippen molar-refractivity contribution in [3.8, 4) is 0 Å². The van der Waals surface area contributed by atoms with Gasteiger partial charge in [-0.15, -0.1) is 0 Å². The molecule has 0 aliphatic heterocycles. The van der Waals surface area contributed by atoms with Crippen molar-refractivity contribution in [1.29, 1.82) is 0 Å². The van der Waals surface area contributed by atoms with E-state index in [4.69, 9.17) is 5.73 Å². The van der Waals surface area contributed by atoms with Crippen molar-refractivity contribution >= 4 is 31.9 Å². The molecule has 0 heterocycles. The van der Waals surface area contributed by atoms with Crippen molar-refractivity contribution in [2.75, 3.05) is 0 Å². The van der Waals surface area contributed by atoms with E-state index >= 15 is 0 Å². The molecule has 0 aliphatic rings. The quantitative estimate of drug-likeness (QED) is 0.871. The molecule has 0 radical (unpaired) electrons. The second-order valence-corrected chi connectivity index (χ2v) is 5.94. The zero-order chi connectivity index (χ0) is 12.3. The third-order valence-corrected chi connectivity index (χ3v) is 3.78. The fourth-order valence-electron chi connectivity index (χ4n) is 1.56. The van der Waals surface area contributed by atoms with E-state index in [1.807, 2.05) is 25.1 Å². The van der Waals surface area contributed by atoms with Gasteiger partial charge in [-0.2, -0.15) is 0 Å². The Labute approximate surface area is 113 Å². The lowest BCUT2D eigenvalue weighted by molar-refractivity contribution is 0.0879. The van der Waals surface area contributed by atoms with Crippen LogP contribution in [0.5, 0.6) is 0 Å². The number of aliphatic hydroxyl groups is 1. The summed E-state index contributed by atoms with van der Waals surface area (Å²) in [4.78, 5) is 0. The summed E-state index contributed by atoms with van der Waals surface area (Å²) in [6, 6.07) is 5.50. The molecule has 0 amide bonds. The maximum absolute atomic E-state index is 10.1. The van der Waals surface area contributed by atoms with Crippen molar-refractivity contribution in [1.82, 2.24) is 0 Å². The molecule has 1 aromatic carbocycles. The third kappa shape index (κ3) is 3.55. The molecule has 2 nitrogen and oxygen atoms in total. The second-order valence-electron chi connectivity index (χ2n) is 4.10. The lowest BCUT2D eigenvalue weighted by Crippen LogP contribution is -2.31. The van der Waals surface area contributed by atoms with Gasteiger partial charge in [-0.05, 0) is 29.7 Å². The first-order chi connectivity index (χ1) is 7.45. The first-order valence-electron chi connectivity index (χ1n) is 5.35. The number of nitrogens with two attached hydrogens (primary N) is 1. The smallest absolute Gasteiger partial charge is 0.0758 e. The molecule has 0 aliphatic carbocycles. The SMILES string of the molecule is CCC(C)[C@H](O)[C@H](N)c1cc(Br)cc(Br)c1. The molecule has 0 saturated carbocycles. The summed E-state index contributed by atoms with van der Waals surface area (Å²) in [6.07, 6.45) is 0.413. The van der Waals surface area contributed by atoms with Gasteiger partial charge in [-0.25, -0.2) is 0 Å². The normalized spacial score (nSPS) is 16.9. The fourth-order valence-corrected chi connectivity index (χ4v) is 2.89. The zero-order valence-electron chi connectivity index (χ0n) is 9.45. The van der Waals surface area contributed by atoms with Crippen LogP contribution < -0.4 is 5.73 Å². The average molecular weight is 351 g/mol. The highest BCUT2D eigenvalue weighted by atomic mass is 79.9. The van der Waals surface area contributed by atoms with Crippen LogP contribution in [-0.2, 0) is 0 Å². The van der Waals surface area contributed by atoms with Gasteiger partial charge in [0.15, 0.2) is 0 Å². The van der Waals surface area contributed by atoms with E-state index < -0.39 is 6.10 Å². The zero-order valence-corrected chi connectivity index (χ0v) is 12.6. The molecule has 16 heavy (non-hydrogen) atoms. The summed E-state index contributed by atoms with van der Waals surface area (Å²) in [7, 11) is 0. The van der Waals surface area contributed by atoms with E-state index in [0.29, 0.717) is 0 Å².